The van der Waals surface area contributed by atoms with E-state index in [-0.39, 0.29) is 13.0 Å². The highest BCUT2D eigenvalue weighted by atomic mass is 19.4. The molecule has 102 valence electrons. The largest absolute Gasteiger partial charge is 0.393 e. The molecule has 1 saturated heterocycles. The van der Waals surface area contributed by atoms with Crippen LogP contribution in [0, 0.1) is 17.2 Å². The van der Waals surface area contributed by atoms with Gasteiger partial charge < -0.3 is 0 Å². The van der Waals surface area contributed by atoms with Crippen LogP contribution in [-0.2, 0) is 6.54 Å². The van der Waals surface area contributed by atoms with Gasteiger partial charge >= 0.3 is 6.18 Å². The first-order chi connectivity index (χ1) is 8.99. The van der Waals surface area contributed by atoms with Gasteiger partial charge in [0.05, 0.1) is 17.6 Å². The fourth-order valence-electron chi connectivity index (χ4n) is 2.46. The van der Waals surface area contributed by atoms with Gasteiger partial charge in [-0.15, -0.1) is 0 Å². The minimum Gasteiger partial charge on any atom is -0.298 e. The number of piperidine rings is 1. The summed E-state index contributed by atoms with van der Waals surface area (Å²) in [6, 6.07) is 9.07. The van der Waals surface area contributed by atoms with Gasteiger partial charge in [0.2, 0.25) is 0 Å². The van der Waals surface area contributed by atoms with Crippen LogP contribution in [0.25, 0.3) is 0 Å². The average Bonchev–Trinajstić information content (AvgIpc) is 2.38. The molecule has 19 heavy (non-hydrogen) atoms. The molecular formula is C14H15F3N2. The van der Waals surface area contributed by atoms with Crippen molar-refractivity contribution in [1.82, 2.24) is 4.90 Å². The molecule has 1 atom stereocenters. The molecule has 1 aromatic rings. The van der Waals surface area contributed by atoms with Gasteiger partial charge in [0, 0.05) is 13.1 Å². The molecule has 0 aromatic heterocycles. The van der Waals surface area contributed by atoms with Crippen molar-refractivity contribution >= 4 is 0 Å². The smallest absolute Gasteiger partial charge is 0.298 e. The molecule has 1 unspecified atom stereocenters. The fourth-order valence-corrected chi connectivity index (χ4v) is 2.46. The second-order valence-electron chi connectivity index (χ2n) is 4.93. The zero-order chi connectivity index (χ0) is 13.9. The third-order valence-corrected chi connectivity index (χ3v) is 3.43. The molecule has 1 aliphatic heterocycles. The lowest BCUT2D eigenvalue weighted by Gasteiger charge is -2.33. The highest BCUT2D eigenvalue weighted by Gasteiger charge is 2.41. The zero-order valence-electron chi connectivity index (χ0n) is 10.5. The van der Waals surface area contributed by atoms with Crippen molar-refractivity contribution in [3.63, 3.8) is 0 Å². The van der Waals surface area contributed by atoms with Crippen LogP contribution in [0.5, 0.6) is 0 Å². The summed E-state index contributed by atoms with van der Waals surface area (Å²) in [5.41, 5.74) is 1.43. The highest BCUT2D eigenvalue weighted by molar-refractivity contribution is 5.32. The van der Waals surface area contributed by atoms with Crippen molar-refractivity contribution in [1.29, 1.82) is 5.26 Å². The minimum atomic E-state index is -4.10. The summed E-state index contributed by atoms with van der Waals surface area (Å²) in [7, 11) is 0. The third kappa shape index (κ3) is 3.71. The number of halogens is 3. The summed E-state index contributed by atoms with van der Waals surface area (Å²) in [6.07, 6.45) is -3.31. The fraction of sp³-hybridized carbons (Fsp3) is 0.500. The Morgan fingerprint density at radius 1 is 1.37 bits per heavy atom. The lowest BCUT2D eigenvalue weighted by atomic mass is 9.97. The molecule has 0 spiro atoms. The van der Waals surface area contributed by atoms with Crippen LogP contribution in [0.1, 0.15) is 24.0 Å². The summed E-state index contributed by atoms with van der Waals surface area (Å²) in [4.78, 5) is 1.82. The summed E-state index contributed by atoms with van der Waals surface area (Å²) >= 11 is 0. The number of benzene rings is 1. The Morgan fingerprint density at radius 2 is 2.16 bits per heavy atom. The number of nitriles is 1. The first-order valence-corrected chi connectivity index (χ1v) is 6.27. The minimum absolute atomic E-state index is 0.0558. The Labute approximate surface area is 110 Å². The van der Waals surface area contributed by atoms with Crippen LogP contribution < -0.4 is 0 Å². The number of likely N-dealkylation sites (tertiary alicyclic amines) is 1. The Balaban J connectivity index is 2.01. The van der Waals surface area contributed by atoms with Gasteiger partial charge in [0.15, 0.2) is 0 Å². The SMILES string of the molecule is N#Cc1cccc(CN2CCCC(C(F)(F)F)C2)c1. The van der Waals surface area contributed by atoms with Crippen LogP contribution in [0.15, 0.2) is 24.3 Å². The van der Waals surface area contributed by atoms with Gasteiger partial charge in [-0.05, 0) is 37.1 Å². The van der Waals surface area contributed by atoms with Crippen LogP contribution in [-0.4, -0.2) is 24.2 Å². The first-order valence-electron chi connectivity index (χ1n) is 6.27. The molecule has 1 aromatic carbocycles. The topological polar surface area (TPSA) is 27.0 Å². The molecule has 0 radical (unpaired) electrons. The molecule has 1 fully saturated rings. The Hall–Kier alpha value is -1.54. The molecule has 5 heteroatoms. The summed E-state index contributed by atoms with van der Waals surface area (Å²) in [5.74, 6) is -1.22. The quantitative estimate of drug-likeness (QED) is 0.822. The number of rotatable bonds is 2. The molecule has 0 amide bonds. The lowest BCUT2D eigenvalue weighted by molar-refractivity contribution is -0.187. The Bertz CT molecular complexity index is 476. The number of hydrogen-bond donors (Lipinski definition) is 0. The molecule has 2 rings (SSSR count). The van der Waals surface area contributed by atoms with Crippen molar-refractivity contribution in [3.05, 3.63) is 35.4 Å². The zero-order valence-corrected chi connectivity index (χ0v) is 10.5. The first kappa shape index (κ1) is 13.9. The summed E-state index contributed by atoms with van der Waals surface area (Å²) < 4.78 is 38.1. The van der Waals surface area contributed by atoms with Gasteiger partial charge in [-0.1, -0.05) is 12.1 Å². The van der Waals surface area contributed by atoms with E-state index in [0.717, 1.165) is 5.56 Å². The predicted molar refractivity (Wildman–Crippen MR) is 65.2 cm³/mol. The second-order valence-corrected chi connectivity index (χ2v) is 4.93. The monoisotopic (exact) mass is 268 g/mol. The maximum absolute atomic E-state index is 12.7. The standard InChI is InChI=1S/C14H15F3N2/c15-14(16,17)13-5-2-6-19(10-13)9-12-4-1-3-11(7-12)8-18/h1,3-4,7,13H,2,5-6,9-10H2. The maximum atomic E-state index is 12.7. The normalized spacial score (nSPS) is 21.1. The van der Waals surface area contributed by atoms with Crippen LogP contribution >= 0.6 is 0 Å². The maximum Gasteiger partial charge on any atom is 0.393 e. The molecular weight excluding hydrogens is 253 g/mol. The lowest BCUT2D eigenvalue weighted by Crippen LogP contribution is -2.41. The molecule has 1 aliphatic rings. The van der Waals surface area contributed by atoms with E-state index >= 15 is 0 Å². The molecule has 1 heterocycles. The van der Waals surface area contributed by atoms with Gasteiger partial charge in [-0.2, -0.15) is 18.4 Å². The predicted octanol–water partition coefficient (Wildman–Crippen LogP) is 3.33. The van der Waals surface area contributed by atoms with Gasteiger partial charge in [0.1, 0.15) is 0 Å². The van der Waals surface area contributed by atoms with Gasteiger partial charge in [0.25, 0.3) is 0 Å². The second kappa shape index (κ2) is 5.62. The van der Waals surface area contributed by atoms with E-state index < -0.39 is 12.1 Å². The summed E-state index contributed by atoms with van der Waals surface area (Å²) in [5, 5.41) is 8.80. The molecule has 2 nitrogen and oxygen atoms in total. The number of nitrogens with zero attached hydrogens (tertiary/aromatic N) is 2. The van der Waals surface area contributed by atoms with Crippen molar-refractivity contribution < 1.29 is 13.2 Å². The third-order valence-electron chi connectivity index (χ3n) is 3.43. The van der Waals surface area contributed by atoms with Crippen molar-refractivity contribution in [2.24, 2.45) is 5.92 Å². The van der Waals surface area contributed by atoms with Crippen LogP contribution in [0.4, 0.5) is 13.2 Å². The Kier molecular flexibility index (Phi) is 4.11. The molecule has 0 N–H and O–H groups in total. The van der Waals surface area contributed by atoms with Crippen LogP contribution in [0.3, 0.4) is 0 Å². The van der Waals surface area contributed by atoms with Crippen molar-refractivity contribution in [2.45, 2.75) is 25.6 Å². The average molecular weight is 268 g/mol. The highest BCUT2D eigenvalue weighted by Crippen LogP contribution is 2.33. The van der Waals surface area contributed by atoms with Gasteiger partial charge in [-0.25, -0.2) is 0 Å². The molecule has 0 bridgehead atoms. The van der Waals surface area contributed by atoms with E-state index in [0.29, 0.717) is 25.1 Å². The number of alkyl halides is 3. The van der Waals surface area contributed by atoms with E-state index in [2.05, 4.69) is 0 Å². The number of hydrogen-bond acceptors (Lipinski definition) is 2. The van der Waals surface area contributed by atoms with Crippen molar-refractivity contribution in [3.8, 4) is 6.07 Å². The van der Waals surface area contributed by atoms with E-state index in [4.69, 9.17) is 5.26 Å². The summed E-state index contributed by atoms with van der Waals surface area (Å²) in [6.45, 7) is 1.21. The van der Waals surface area contributed by atoms with E-state index in [1.807, 2.05) is 17.0 Å². The van der Waals surface area contributed by atoms with E-state index in [1.165, 1.54) is 0 Å². The molecule has 0 aliphatic carbocycles. The Morgan fingerprint density at radius 3 is 2.84 bits per heavy atom. The van der Waals surface area contributed by atoms with Crippen molar-refractivity contribution in [2.75, 3.05) is 13.1 Å². The van der Waals surface area contributed by atoms with E-state index in [9.17, 15) is 13.2 Å². The van der Waals surface area contributed by atoms with E-state index in [1.54, 1.807) is 18.2 Å². The van der Waals surface area contributed by atoms with Gasteiger partial charge in [-0.3, -0.25) is 4.90 Å². The molecule has 0 saturated carbocycles. The van der Waals surface area contributed by atoms with Crippen LogP contribution in [0.2, 0.25) is 0 Å².